The first-order valence-corrected chi connectivity index (χ1v) is 5.98. The van der Waals surface area contributed by atoms with E-state index >= 15 is 0 Å². The first-order chi connectivity index (χ1) is 10.1. The minimum atomic E-state index is -0.725. The van der Waals surface area contributed by atoms with Gasteiger partial charge in [0.05, 0.1) is 5.69 Å². The monoisotopic (exact) mass is 330 g/mol. The van der Waals surface area contributed by atoms with Gasteiger partial charge in [0.2, 0.25) is 5.69 Å². The molecule has 0 bridgehead atoms. The van der Waals surface area contributed by atoms with Crippen molar-refractivity contribution >= 4 is 17.6 Å². The minimum Gasteiger partial charge on any atom is -1.00 e. The largest absolute Gasteiger partial charge is 1.00 e. The third kappa shape index (κ3) is 4.89. The third-order valence-corrected chi connectivity index (χ3v) is 2.53. The van der Waals surface area contributed by atoms with Crippen LogP contribution in [0.3, 0.4) is 0 Å². The fourth-order valence-electron chi connectivity index (χ4n) is 1.54. The molecule has 2 aromatic rings. The zero-order valence-electron chi connectivity index (χ0n) is 11.1. The van der Waals surface area contributed by atoms with Gasteiger partial charge >= 0.3 is 0 Å². The van der Waals surface area contributed by atoms with Crippen LogP contribution in [-0.4, -0.2) is 6.21 Å². The van der Waals surface area contributed by atoms with Gasteiger partial charge in [-0.25, -0.2) is 18.2 Å². The molecule has 22 heavy (non-hydrogen) atoms. The van der Waals surface area contributed by atoms with E-state index in [1.165, 1.54) is 30.6 Å². The van der Waals surface area contributed by atoms with Crippen LogP contribution < -0.4 is 22.7 Å². The van der Waals surface area contributed by atoms with Crippen molar-refractivity contribution in [2.45, 2.75) is 0 Å². The quantitative estimate of drug-likeness (QED) is 0.582. The van der Waals surface area contributed by atoms with Crippen LogP contribution in [0.5, 0.6) is 0 Å². The summed E-state index contributed by atoms with van der Waals surface area (Å²) >= 11 is 0. The number of halogens is 5. The van der Waals surface area contributed by atoms with Gasteiger partial charge in [-0.2, -0.15) is 4.39 Å². The van der Waals surface area contributed by atoms with E-state index in [1.54, 1.807) is 0 Å². The van der Waals surface area contributed by atoms with Crippen molar-refractivity contribution in [2.75, 3.05) is 5.32 Å². The van der Waals surface area contributed by atoms with Crippen molar-refractivity contribution in [2.24, 2.45) is 0 Å². The maximum Gasteiger partial charge on any atom is 0.239 e. The molecular weight excluding hydrogens is 320 g/mol. The summed E-state index contributed by atoms with van der Waals surface area (Å²) in [7, 11) is 0. The van der Waals surface area contributed by atoms with Crippen molar-refractivity contribution in [3.05, 3.63) is 71.9 Å². The molecule has 116 valence electrons. The topological polar surface area (TPSA) is 26.0 Å². The number of nitrogens with one attached hydrogen (secondary N) is 2. The van der Waals surface area contributed by atoms with Gasteiger partial charge in [0.1, 0.15) is 17.5 Å². The molecule has 2 nitrogen and oxygen atoms in total. The molecule has 0 atom stereocenters. The predicted molar refractivity (Wildman–Crippen MR) is 72.2 cm³/mol. The maximum absolute atomic E-state index is 13.3. The van der Waals surface area contributed by atoms with E-state index in [9.17, 15) is 17.6 Å². The van der Waals surface area contributed by atoms with Crippen LogP contribution >= 0.6 is 0 Å². The molecule has 2 N–H and O–H groups in total. The van der Waals surface area contributed by atoms with Gasteiger partial charge < -0.3 is 17.7 Å². The van der Waals surface area contributed by atoms with Gasteiger partial charge in [0, 0.05) is 30.5 Å². The van der Waals surface area contributed by atoms with Crippen molar-refractivity contribution in [1.82, 2.24) is 0 Å². The van der Waals surface area contributed by atoms with Gasteiger partial charge in [-0.15, -0.1) is 0 Å². The van der Waals surface area contributed by atoms with Crippen LogP contribution in [0.4, 0.5) is 28.9 Å². The Morgan fingerprint density at radius 2 is 1.50 bits per heavy atom. The molecule has 0 radical (unpaired) electrons. The fourth-order valence-corrected chi connectivity index (χ4v) is 1.54. The molecule has 7 heteroatoms. The number of hydrogen-bond acceptors (Lipinski definition) is 1. The second-order valence-corrected chi connectivity index (χ2v) is 4.06. The van der Waals surface area contributed by atoms with Crippen LogP contribution in [0.1, 0.15) is 0 Å². The molecule has 0 aliphatic heterocycles. The molecule has 0 unspecified atom stereocenters. The normalized spacial score (nSPS) is 10.9. The Morgan fingerprint density at radius 1 is 0.864 bits per heavy atom. The molecule has 0 saturated carbocycles. The Kier molecular flexibility index (Phi) is 6.59. The lowest BCUT2D eigenvalue weighted by Gasteiger charge is -2.01. The molecule has 0 aromatic heterocycles. The summed E-state index contributed by atoms with van der Waals surface area (Å²) in [6.07, 6.45) is 4.21. The van der Waals surface area contributed by atoms with E-state index in [1.807, 2.05) is 0 Å². The van der Waals surface area contributed by atoms with Crippen LogP contribution in [0.25, 0.3) is 0 Å². The van der Waals surface area contributed by atoms with Crippen molar-refractivity contribution in [1.29, 1.82) is 0 Å². The lowest BCUT2D eigenvalue weighted by Crippen LogP contribution is -3.00. The SMILES string of the molecule is Fc1ccc(NC=CC=[NH+]c2ccc(F)cc2F)c(F)c1.[Cl-]. The van der Waals surface area contributed by atoms with Crippen molar-refractivity contribution < 1.29 is 35.0 Å². The second-order valence-electron chi connectivity index (χ2n) is 4.06. The first-order valence-electron chi connectivity index (χ1n) is 5.98. The Hall–Kier alpha value is -2.34. The molecule has 2 rings (SSSR count). The molecule has 0 heterocycles. The molecular formula is C15H11ClF4N2. The fraction of sp³-hybridized carbons (Fsp3) is 0. The Labute approximate surface area is 130 Å². The number of hydrogen-bond donors (Lipinski definition) is 2. The number of benzene rings is 2. The highest BCUT2D eigenvalue weighted by Gasteiger charge is 2.05. The standard InChI is InChI=1S/C15H10F4N2.ClH/c16-10-2-4-14(12(18)8-10)20-6-1-7-21-15-5-3-11(17)9-13(15)19;/h1-9,20H;1H. The average Bonchev–Trinajstić information content (AvgIpc) is 2.42. The molecule has 0 fully saturated rings. The van der Waals surface area contributed by atoms with E-state index in [4.69, 9.17) is 0 Å². The van der Waals surface area contributed by atoms with Crippen LogP contribution in [-0.2, 0) is 0 Å². The number of anilines is 1. The summed E-state index contributed by atoms with van der Waals surface area (Å²) in [6.45, 7) is 0. The highest BCUT2D eigenvalue weighted by atomic mass is 35.5. The van der Waals surface area contributed by atoms with Crippen LogP contribution in [0, 0.1) is 23.3 Å². The van der Waals surface area contributed by atoms with Crippen LogP contribution in [0.2, 0.25) is 0 Å². The summed E-state index contributed by atoms with van der Waals surface area (Å²) in [6, 6.07) is 6.26. The van der Waals surface area contributed by atoms with Crippen LogP contribution in [0.15, 0.2) is 48.7 Å². The van der Waals surface area contributed by atoms with Gasteiger partial charge in [-0.05, 0) is 18.2 Å². The Morgan fingerprint density at radius 3 is 2.14 bits per heavy atom. The number of allylic oxidation sites excluding steroid dienone is 1. The molecule has 0 aliphatic carbocycles. The van der Waals surface area contributed by atoms with E-state index in [0.29, 0.717) is 0 Å². The molecule has 0 amide bonds. The average molecular weight is 331 g/mol. The summed E-state index contributed by atoms with van der Waals surface area (Å²) < 4.78 is 51.9. The van der Waals surface area contributed by atoms with Gasteiger partial charge in [0.15, 0.2) is 12.0 Å². The summed E-state index contributed by atoms with van der Waals surface area (Å²) in [5.74, 6) is -2.78. The first kappa shape index (κ1) is 17.7. The van der Waals surface area contributed by atoms with Gasteiger partial charge in [-0.1, -0.05) is 0 Å². The van der Waals surface area contributed by atoms with Crippen molar-refractivity contribution in [3.63, 3.8) is 0 Å². The predicted octanol–water partition coefficient (Wildman–Crippen LogP) is -0.344. The van der Waals surface area contributed by atoms with E-state index in [2.05, 4.69) is 10.3 Å². The van der Waals surface area contributed by atoms with E-state index in [-0.39, 0.29) is 23.8 Å². The van der Waals surface area contributed by atoms with Gasteiger partial charge in [0.25, 0.3) is 0 Å². The number of rotatable bonds is 4. The second kappa shape index (κ2) is 8.19. The smallest absolute Gasteiger partial charge is 0.239 e. The zero-order chi connectivity index (χ0) is 15.2. The summed E-state index contributed by atoms with van der Waals surface area (Å²) in [5, 5.41) is 2.60. The Bertz CT molecular complexity index is 702. The minimum absolute atomic E-state index is 0. The molecule has 0 spiro atoms. The van der Waals surface area contributed by atoms with Crippen molar-refractivity contribution in [3.8, 4) is 0 Å². The highest BCUT2D eigenvalue weighted by molar-refractivity contribution is 5.67. The van der Waals surface area contributed by atoms with Gasteiger partial charge in [-0.3, -0.25) is 0 Å². The lowest BCUT2D eigenvalue weighted by atomic mass is 10.3. The molecule has 0 aliphatic rings. The summed E-state index contributed by atoms with van der Waals surface area (Å²) in [4.78, 5) is 2.60. The summed E-state index contributed by atoms with van der Waals surface area (Å²) in [5.41, 5.74) is 0.211. The lowest BCUT2D eigenvalue weighted by molar-refractivity contribution is -0.349. The van der Waals surface area contributed by atoms with E-state index < -0.39 is 23.3 Å². The van der Waals surface area contributed by atoms with E-state index in [0.717, 1.165) is 24.3 Å². The molecule has 2 aromatic carbocycles. The molecule has 0 saturated heterocycles. The highest BCUT2D eigenvalue weighted by Crippen LogP contribution is 2.14. The zero-order valence-corrected chi connectivity index (χ0v) is 11.8. The third-order valence-electron chi connectivity index (χ3n) is 2.53. The maximum atomic E-state index is 13.3. The Balaban J connectivity index is 0.00000242.